The molecule has 1 amide bonds. The number of carbonyl (C=O) groups is 1. The Kier molecular flexibility index (Phi) is 7.17. The van der Waals surface area contributed by atoms with Gasteiger partial charge in [0.1, 0.15) is 18.4 Å². The zero-order valence-corrected chi connectivity index (χ0v) is 15.6. The number of hydrogen-bond acceptors (Lipinski definition) is 6. The Morgan fingerprint density at radius 2 is 2.04 bits per heavy atom. The molecule has 1 aromatic heterocycles. The number of hydroxylamine groups is 1. The summed E-state index contributed by atoms with van der Waals surface area (Å²) >= 11 is 1.39. The van der Waals surface area contributed by atoms with Crippen LogP contribution < -0.4 is 14.9 Å². The van der Waals surface area contributed by atoms with Crippen molar-refractivity contribution in [3.8, 4) is 17.6 Å². The van der Waals surface area contributed by atoms with E-state index in [1.165, 1.54) is 41.1 Å². The minimum absolute atomic E-state index is 0.0201. The molecule has 0 bridgehead atoms. The Hall–Kier alpha value is -2.38. The molecule has 0 fully saturated rings. The summed E-state index contributed by atoms with van der Waals surface area (Å²) in [5.41, 5.74) is 1.50. The highest BCUT2D eigenvalue weighted by molar-refractivity contribution is 7.89. The molecule has 2 aromatic rings. The van der Waals surface area contributed by atoms with Gasteiger partial charge in [0.05, 0.1) is 4.90 Å². The molecule has 1 heterocycles. The number of rotatable bonds is 8. The molecule has 138 valence electrons. The fourth-order valence-electron chi connectivity index (χ4n) is 2.06. The molecule has 0 aliphatic carbocycles. The fraction of sp³-hybridized carbons (Fsp3) is 0.235. The molecule has 0 unspecified atom stereocenters. The van der Waals surface area contributed by atoms with Crippen molar-refractivity contribution in [2.45, 2.75) is 24.3 Å². The van der Waals surface area contributed by atoms with Crippen LogP contribution in [0.3, 0.4) is 0 Å². The minimum atomic E-state index is -3.96. The molecule has 7 nitrogen and oxygen atoms in total. The van der Waals surface area contributed by atoms with Crippen LogP contribution in [0.25, 0.3) is 0 Å². The second-order valence-corrected chi connectivity index (χ2v) is 7.87. The summed E-state index contributed by atoms with van der Waals surface area (Å²) in [5.74, 6) is 5.08. The Bertz CT molecular complexity index is 881. The first-order chi connectivity index (χ1) is 12.5. The van der Waals surface area contributed by atoms with E-state index in [0.29, 0.717) is 5.75 Å². The molecular formula is C17H18N2O5S2. The monoisotopic (exact) mass is 394 g/mol. The first kappa shape index (κ1) is 19.9. The van der Waals surface area contributed by atoms with Crippen molar-refractivity contribution in [2.24, 2.45) is 0 Å². The standard InChI is InChI=1S/C17H18N2O5S2/c1-2-3-10-24-13-6-8-15(9-7-13)26(22,23)19-16(17(20)18-21)12-14-5-4-11-25-14/h4-9,11,16,19,21H,10,12H2,1H3,(H,18,20)/t16-/m1/s1. The van der Waals surface area contributed by atoms with E-state index in [0.717, 1.165) is 4.88 Å². The summed E-state index contributed by atoms with van der Waals surface area (Å²) in [6.07, 6.45) is 0.125. The smallest absolute Gasteiger partial charge is 0.261 e. The van der Waals surface area contributed by atoms with Gasteiger partial charge in [0.2, 0.25) is 10.0 Å². The van der Waals surface area contributed by atoms with E-state index in [1.807, 2.05) is 5.38 Å². The molecule has 0 aliphatic rings. The van der Waals surface area contributed by atoms with Gasteiger partial charge in [-0.2, -0.15) is 4.72 Å². The van der Waals surface area contributed by atoms with Crippen molar-refractivity contribution < 1.29 is 23.2 Å². The van der Waals surface area contributed by atoms with Gasteiger partial charge in [-0.05, 0) is 42.6 Å². The van der Waals surface area contributed by atoms with E-state index in [2.05, 4.69) is 16.6 Å². The highest BCUT2D eigenvalue weighted by atomic mass is 32.2. The first-order valence-corrected chi connectivity index (χ1v) is 9.93. The number of ether oxygens (including phenoxy) is 1. The molecule has 2 rings (SSSR count). The molecule has 1 atom stereocenters. The maximum Gasteiger partial charge on any atom is 0.261 e. The van der Waals surface area contributed by atoms with Gasteiger partial charge in [0.15, 0.2) is 0 Å². The number of amides is 1. The lowest BCUT2D eigenvalue weighted by molar-refractivity contribution is -0.130. The van der Waals surface area contributed by atoms with Crippen molar-refractivity contribution in [2.75, 3.05) is 6.61 Å². The molecule has 3 N–H and O–H groups in total. The van der Waals surface area contributed by atoms with Crippen molar-refractivity contribution in [1.82, 2.24) is 10.2 Å². The highest BCUT2D eigenvalue weighted by Crippen LogP contribution is 2.17. The molecule has 9 heteroatoms. The molecule has 26 heavy (non-hydrogen) atoms. The van der Waals surface area contributed by atoms with E-state index in [4.69, 9.17) is 9.94 Å². The maximum absolute atomic E-state index is 12.5. The lowest BCUT2D eigenvalue weighted by Crippen LogP contribution is -2.47. The lowest BCUT2D eigenvalue weighted by Gasteiger charge is -2.16. The Balaban J connectivity index is 2.13. The average Bonchev–Trinajstić information content (AvgIpc) is 3.14. The molecule has 1 aromatic carbocycles. The first-order valence-electron chi connectivity index (χ1n) is 7.57. The molecular weight excluding hydrogens is 376 g/mol. The van der Waals surface area contributed by atoms with Crippen molar-refractivity contribution in [1.29, 1.82) is 0 Å². The Morgan fingerprint density at radius 1 is 1.31 bits per heavy atom. The summed E-state index contributed by atoms with van der Waals surface area (Å²) in [5, 5.41) is 10.7. The normalized spacial score (nSPS) is 11.9. The van der Waals surface area contributed by atoms with E-state index in [-0.39, 0.29) is 17.9 Å². The fourth-order valence-corrected chi connectivity index (χ4v) is 4.01. The number of benzene rings is 1. The van der Waals surface area contributed by atoms with Crippen LogP contribution in [0.2, 0.25) is 0 Å². The van der Waals surface area contributed by atoms with E-state index in [1.54, 1.807) is 19.1 Å². The summed E-state index contributed by atoms with van der Waals surface area (Å²) in [6, 6.07) is 8.19. The van der Waals surface area contributed by atoms with Gasteiger partial charge in [-0.15, -0.1) is 17.3 Å². The van der Waals surface area contributed by atoms with Crippen LogP contribution in [-0.2, 0) is 21.2 Å². The van der Waals surface area contributed by atoms with Gasteiger partial charge in [-0.1, -0.05) is 12.0 Å². The zero-order valence-electron chi connectivity index (χ0n) is 13.9. The van der Waals surface area contributed by atoms with Gasteiger partial charge < -0.3 is 4.74 Å². The molecule has 0 aliphatic heterocycles. The van der Waals surface area contributed by atoms with E-state index in [9.17, 15) is 13.2 Å². The van der Waals surface area contributed by atoms with Crippen molar-refractivity contribution in [3.63, 3.8) is 0 Å². The minimum Gasteiger partial charge on any atom is -0.481 e. The van der Waals surface area contributed by atoms with Crippen LogP contribution in [0.5, 0.6) is 5.75 Å². The third-order valence-electron chi connectivity index (χ3n) is 3.33. The van der Waals surface area contributed by atoms with Crippen molar-refractivity contribution >= 4 is 27.3 Å². The van der Waals surface area contributed by atoms with Gasteiger partial charge in [-0.25, -0.2) is 13.9 Å². The topological polar surface area (TPSA) is 105 Å². The van der Waals surface area contributed by atoms with Crippen LogP contribution in [0.1, 0.15) is 11.8 Å². The largest absolute Gasteiger partial charge is 0.481 e. The summed E-state index contributed by atoms with van der Waals surface area (Å²) < 4.78 is 32.7. The second-order valence-electron chi connectivity index (χ2n) is 5.12. The molecule has 0 saturated carbocycles. The van der Waals surface area contributed by atoms with Crippen LogP contribution in [0.15, 0.2) is 46.7 Å². The SMILES string of the molecule is CC#CCOc1ccc(S(=O)(=O)N[C@H](Cc2cccs2)C(=O)NO)cc1. The summed E-state index contributed by atoms with van der Waals surface area (Å²) in [4.78, 5) is 12.6. The molecule has 0 saturated heterocycles. The van der Waals surface area contributed by atoms with Gasteiger partial charge in [0, 0.05) is 11.3 Å². The highest BCUT2D eigenvalue weighted by Gasteiger charge is 2.26. The van der Waals surface area contributed by atoms with Gasteiger partial charge >= 0.3 is 0 Å². The third-order valence-corrected chi connectivity index (χ3v) is 5.72. The summed E-state index contributed by atoms with van der Waals surface area (Å²) in [6.45, 7) is 1.90. The molecule has 0 radical (unpaired) electrons. The number of nitrogens with one attached hydrogen (secondary N) is 2. The predicted molar refractivity (Wildman–Crippen MR) is 97.4 cm³/mol. The number of sulfonamides is 1. The number of thiophene rings is 1. The van der Waals surface area contributed by atoms with E-state index >= 15 is 0 Å². The lowest BCUT2D eigenvalue weighted by atomic mass is 10.2. The van der Waals surface area contributed by atoms with E-state index < -0.39 is 22.0 Å². The number of hydrogen-bond donors (Lipinski definition) is 3. The second kappa shape index (κ2) is 9.35. The maximum atomic E-state index is 12.5. The Labute approximate surface area is 156 Å². The predicted octanol–water partition coefficient (Wildman–Crippen LogP) is 1.55. The third kappa shape index (κ3) is 5.57. The Morgan fingerprint density at radius 3 is 2.62 bits per heavy atom. The van der Waals surface area contributed by atoms with Crippen LogP contribution >= 0.6 is 11.3 Å². The zero-order chi connectivity index (χ0) is 19.0. The van der Waals surface area contributed by atoms with Crippen LogP contribution in [0.4, 0.5) is 0 Å². The quantitative estimate of drug-likeness (QED) is 0.358. The average molecular weight is 394 g/mol. The van der Waals surface area contributed by atoms with Gasteiger partial charge in [-0.3, -0.25) is 10.0 Å². The van der Waals surface area contributed by atoms with Crippen LogP contribution in [0, 0.1) is 11.8 Å². The van der Waals surface area contributed by atoms with Gasteiger partial charge in [0.25, 0.3) is 5.91 Å². The number of carbonyl (C=O) groups excluding carboxylic acids is 1. The molecule has 0 spiro atoms. The van der Waals surface area contributed by atoms with Crippen molar-refractivity contribution in [3.05, 3.63) is 46.7 Å². The van der Waals surface area contributed by atoms with Crippen LogP contribution in [-0.4, -0.2) is 32.2 Å². The summed E-state index contributed by atoms with van der Waals surface area (Å²) in [7, 11) is -3.96.